The van der Waals surface area contributed by atoms with E-state index in [1.807, 2.05) is 42.6 Å². The van der Waals surface area contributed by atoms with Crippen molar-refractivity contribution in [2.75, 3.05) is 13.2 Å². The Balaban J connectivity index is 1.54. The predicted octanol–water partition coefficient (Wildman–Crippen LogP) is 4.01. The summed E-state index contributed by atoms with van der Waals surface area (Å²) < 4.78 is 16.4. The number of H-pyrrole nitrogens is 1. The number of piperidine rings is 1. The van der Waals surface area contributed by atoms with Gasteiger partial charge in [-0.1, -0.05) is 6.07 Å². The number of hydrogen-bond donors (Lipinski definition) is 1. The highest BCUT2D eigenvalue weighted by molar-refractivity contribution is 5.93. The quantitative estimate of drug-likeness (QED) is 0.473. The third kappa shape index (κ3) is 3.80. The van der Waals surface area contributed by atoms with E-state index >= 15 is 0 Å². The molecule has 1 N–H and O–H groups in total. The highest BCUT2D eigenvalue weighted by Gasteiger charge is 2.30. The minimum atomic E-state index is 0.0808. The van der Waals surface area contributed by atoms with Crippen molar-refractivity contribution < 1.29 is 9.47 Å². The first-order valence-electron chi connectivity index (χ1n) is 12.3. The van der Waals surface area contributed by atoms with Gasteiger partial charge in [-0.15, -0.1) is 5.10 Å². The monoisotopic (exact) mass is 473 g/mol. The smallest absolute Gasteiger partial charge is 0.240 e. The van der Waals surface area contributed by atoms with Crippen molar-refractivity contribution in [2.45, 2.75) is 45.4 Å². The van der Waals surface area contributed by atoms with Crippen molar-refractivity contribution in [3.8, 4) is 22.9 Å². The van der Waals surface area contributed by atoms with Gasteiger partial charge in [0.2, 0.25) is 11.8 Å². The number of aryl methyl sites for hydroxylation is 2. The maximum absolute atomic E-state index is 6.64. The van der Waals surface area contributed by atoms with Crippen LogP contribution in [0.1, 0.15) is 43.6 Å². The molecule has 5 heterocycles. The van der Waals surface area contributed by atoms with Gasteiger partial charge in [-0.25, -0.2) is 4.68 Å². The zero-order valence-electron chi connectivity index (χ0n) is 20.7. The fourth-order valence-electron chi connectivity index (χ4n) is 5.21. The van der Waals surface area contributed by atoms with Crippen LogP contribution in [0.5, 0.6) is 11.8 Å². The molecule has 0 amide bonds. The van der Waals surface area contributed by atoms with Crippen LogP contribution in [-0.4, -0.2) is 60.0 Å². The first-order chi connectivity index (χ1) is 17.0. The summed E-state index contributed by atoms with van der Waals surface area (Å²) in [5, 5.41) is 18.0. The molecule has 3 atom stereocenters. The van der Waals surface area contributed by atoms with Crippen molar-refractivity contribution >= 4 is 23.1 Å². The van der Waals surface area contributed by atoms with Crippen molar-refractivity contribution in [1.29, 1.82) is 0 Å². The molecule has 4 aromatic rings. The van der Waals surface area contributed by atoms with Crippen LogP contribution in [0.4, 0.5) is 0 Å². The minimum absolute atomic E-state index is 0.0808. The lowest BCUT2D eigenvalue weighted by molar-refractivity contribution is 0.0450. The van der Waals surface area contributed by atoms with Crippen LogP contribution in [0.15, 0.2) is 24.4 Å². The molecule has 0 aliphatic carbocycles. The summed E-state index contributed by atoms with van der Waals surface area (Å²) in [4.78, 5) is 2.49. The molecule has 9 heteroatoms. The number of rotatable bonds is 2. The average Bonchev–Trinajstić information content (AvgIpc) is 3.50. The van der Waals surface area contributed by atoms with Crippen molar-refractivity contribution in [2.24, 2.45) is 14.1 Å². The molecule has 35 heavy (non-hydrogen) atoms. The minimum Gasteiger partial charge on any atom is -0.476 e. The molecule has 182 valence electrons. The van der Waals surface area contributed by atoms with Gasteiger partial charge in [0.25, 0.3) is 0 Å². The summed E-state index contributed by atoms with van der Waals surface area (Å²) in [7, 11) is 3.93. The van der Waals surface area contributed by atoms with E-state index in [-0.39, 0.29) is 6.10 Å². The molecular formula is C26H31N7O2. The molecule has 2 aliphatic heterocycles. The van der Waals surface area contributed by atoms with E-state index in [9.17, 15) is 0 Å². The SMILES string of the molecule is CCOc1nn(C)c2c1/C=C/c1[nH]nc3ccc(cc13)-c1cnn(C)c1OC1CCC(C)N(C2)C1. The standard InChI is InChI=1S/C26H31N7O2/c1-5-34-25-19-9-11-23-20-12-17(7-10-22(20)28-29-23)21-13-27-32(4)26(21)35-18-8-6-16(2)33(14-18)15-24(19)31(3)30-25/h7,9-13,16,18H,5-6,8,14-15H2,1-4H3,(H,28,29)/b11-9+. The number of nitrogens with zero attached hydrogens (tertiary/aromatic N) is 6. The second-order valence-electron chi connectivity index (χ2n) is 9.51. The van der Waals surface area contributed by atoms with Gasteiger partial charge < -0.3 is 9.47 Å². The molecule has 4 bridgehead atoms. The van der Waals surface area contributed by atoms with Gasteiger partial charge in [0.1, 0.15) is 6.10 Å². The first kappa shape index (κ1) is 21.9. The Bertz CT molecular complexity index is 1410. The Hall–Kier alpha value is -3.59. The molecule has 3 aromatic heterocycles. The maximum atomic E-state index is 6.64. The second kappa shape index (κ2) is 8.57. The van der Waals surface area contributed by atoms with Crippen molar-refractivity contribution in [1.82, 2.24) is 34.7 Å². The molecule has 0 spiro atoms. The van der Waals surface area contributed by atoms with E-state index < -0.39 is 0 Å². The van der Waals surface area contributed by atoms with E-state index in [0.29, 0.717) is 18.5 Å². The van der Waals surface area contributed by atoms with Crippen LogP contribution in [0.3, 0.4) is 0 Å². The van der Waals surface area contributed by atoms with E-state index in [0.717, 1.165) is 70.8 Å². The molecule has 1 saturated heterocycles. The summed E-state index contributed by atoms with van der Waals surface area (Å²) in [6, 6.07) is 6.73. The predicted molar refractivity (Wildman–Crippen MR) is 135 cm³/mol. The molecule has 2 aliphatic rings. The number of benzene rings is 1. The fourth-order valence-corrected chi connectivity index (χ4v) is 5.21. The van der Waals surface area contributed by atoms with Gasteiger partial charge in [0, 0.05) is 38.6 Å². The van der Waals surface area contributed by atoms with Gasteiger partial charge >= 0.3 is 0 Å². The number of aromatic nitrogens is 6. The third-order valence-corrected chi connectivity index (χ3v) is 7.25. The second-order valence-corrected chi connectivity index (χ2v) is 9.51. The molecule has 3 unspecified atom stereocenters. The molecule has 6 rings (SSSR count). The van der Waals surface area contributed by atoms with Crippen LogP contribution >= 0.6 is 0 Å². The highest BCUT2D eigenvalue weighted by Crippen LogP contribution is 2.35. The first-order valence-corrected chi connectivity index (χ1v) is 12.3. The van der Waals surface area contributed by atoms with Gasteiger partial charge in [-0.05, 0) is 56.5 Å². The van der Waals surface area contributed by atoms with E-state index in [1.165, 1.54) is 0 Å². The Kier molecular flexibility index (Phi) is 5.36. The number of ether oxygens (including phenoxy) is 2. The van der Waals surface area contributed by atoms with Crippen LogP contribution in [0.25, 0.3) is 34.2 Å². The highest BCUT2D eigenvalue weighted by atomic mass is 16.5. The summed E-state index contributed by atoms with van der Waals surface area (Å²) >= 11 is 0. The maximum Gasteiger partial charge on any atom is 0.240 e. The lowest BCUT2D eigenvalue weighted by Crippen LogP contribution is -2.46. The normalized spacial score (nSPS) is 22.7. The van der Waals surface area contributed by atoms with Gasteiger partial charge in [0.05, 0.1) is 40.8 Å². The van der Waals surface area contributed by atoms with Crippen LogP contribution in [0.2, 0.25) is 0 Å². The molecular weight excluding hydrogens is 442 g/mol. The molecule has 1 aromatic carbocycles. The van der Waals surface area contributed by atoms with Crippen molar-refractivity contribution in [3.63, 3.8) is 0 Å². The number of fused-ring (bicyclic) bond motifs is 6. The Labute approximate surface area is 204 Å². The summed E-state index contributed by atoms with van der Waals surface area (Å²) in [5.41, 5.74) is 6.04. The molecule has 1 fully saturated rings. The Morgan fingerprint density at radius 1 is 1.17 bits per heavy atom. The summed E-state index contributed by atoms with van der Waals surface area (Å²) in [6.45, 7) is 6.45. The average molecular weight is 474 g/mol. The number of hydrogen-bond acceptors (Lipinski definition) is 6. The van der Waals surface area contributed by atoms with E-state index in [2.05, 4.69) is 51.4 Å². The third-order valence-electron chi connectivity index (χ3n) is 7.25. The van der Waals surface area contributed by atoms with E-state index in [1.54, 1.807) is 0 Å². The Morgan fingerprint density at radius 3 is 2.91 bits per heavy atom. The van der Waals surface area contributed by atoms with Crippen LogP contribution < -0.4 is 9.47 Å². The van der Waals surface area contributed by atoms with Gasteiger partial charge in [-0.3, -0.25) is 14.7 Å². The van der Waals surface area contributed by atoms with Gasteiger partial charge in [-0.2, -0.15) is 10.2 Å². The number of nitrogens with one attached hydrogen (secondary N) is 1. The fraction of sp³-hybridized carbons (Fsp3) is 0.423. The van der Waals surface area contributed by atoms with Crippen LogP contribution in [0, 0.1) is 0 Å². The molecule has 0 radical (unpaired) electrons. The zero-order chi connectivity index (χ0) is 24.1. The lowest BCUT2D eigenvalue weighted by atomic mass is 10.0. The van der Waals surface area contributed by atoms with E-state index in [4.69, 9.17) is 14.6 Å². The summed E-state index contributed by atoms with van der Waals surface area (Å²) in [5.74, 6) is 1.46. The molecule has 0 saturated carbocycles. The molecule has 9 nitrogen and oxygen atoms in total. The number of aromatic amines is 1. The lowest BCUT2D eigenvalue weighted by Gasteiger charge is -2.38. The topological polar surface area (TPSA) is 86.0 Å². The van der Waals surface area contributed by atoms with Crippen LogP contribution in [-0.2, 0) is 20.6 Å². The van der Waals surface area contributed by atoms with Gasteiger partial charge in [0.15, 0.2) is 0 Å². The van der Waals surface area contributed by atoms with Crippen molar-refractivity contribution in [3.05, 3.63) is 41.3 Å². The zero-order valence-corrected chi connectivity index (χ0v) is 20.7. The largest absolute Gasteiger partial charge is 0.476 e. The Morgan fingerprint density at radius 2 is 2.06 bits per heavy atom. The summed E-state index contributed by atoms with van der Waals surface area (Å²) in [6.07, 6.45) is 8.23.